The first kappa shape index (κ1) is 35.2. The first-order valence-corrected chi connectivity index (χ1v) is 21.6. The Morgan fingerprint density at radius 3 is 1.77 bits per heavy atom. The van der Waals surface area contributed by atoms with Crippen LogP contribution in [0.2, 0.25) is 0 Å². The maximum atomic E-state index is 6.81. The van der Waals surface area contributed by atoms with Gasteiger partial charge in [-0.2, -0.15) is 0 Å². The predicted octanol–water partition coefficient (Wildman–Crippen LogP) is 17.2. The number of anilines is 3. The molecule has 0 fully saturated rings. The van der Waals surface area contributed by atoms with Gasteiger partial charge >= 0.3 is 0 Å². The molecule has 0 radical (unpaired) electrons. The highest BCUT2D eigenvalue weighted by molar-refractivity contribution is 7.25. The van der Waals surface area contributed by atoms with E-state index in [2.05, 4.69) is 229 Å². The minimum absolute atomic E-state index is 0.871. The van der Waals surface area contributed by atoms with Crippen LogP contribution < -0.4 is 4.90 Å². The fourth-order valence-electron chi connectivity index (χ4n) is 9.20. The second-order valence-corrected chi connectivity index (χ2v) is 16.7. The van der Waals surface area contributed by atoms with E-state index in [1.807, 2.05) is 11.3 Å². The van der Waals surface area contributed by atoms with Crippen molar-refractivity contribution in [1.82, 2.24) is 0 Å². The zero-order valence-corrected chi connectivity index (χ0v) is 33.9. The van der Waals surface area contributed by atoms with E-state index in [1.165, 1.54) is 64.3 Å². The number of furan rings is 1. The number of hydrogen-bond acceptors (Lipinski definition) is 3. The summed E-state index contributed by atoms with van der Waals surface area (Å²) in [4.78, 5) is 2.42. The fraction of sp³-hybridized carbons (Fsp3) is 0. The summed E-state index contributed by atoms with van der Waals surface area (Å²) in [6.45, 7) is 0. The minimum atomic E-state index is 0.871. The number of nitrogens with zero attached hydrogens (tertiary/aromatic N) is 1. The monoisotopic (exact) mass is 795 g/mol. The molecule has 2 heterocycles. The molecule has 0 bridgehead atoms. The maximum absolute atomic E-state index is 6.81. The van der Waals surface area contributed by atoms with Crippen LogP contribution in [0.25, 0.3) is 97.4 Å². The van der Waals surface area contributed by atoms with Crippen LogP contribution in [0.15, 0.2) is 229 Å². The zero-order chi connectivity index (χ0) is 40.3. The Balaban J connectivity index is 1.07. The van der Waals surface area contributed by atoms with Crippen LogP contribution >= 0.6 is 11.3 Å². The average Bonchev–Trinajstić information content (AvgIpc) is 3.91. The molecule has 12 rings (SSSR count). The van der Waals surface area contributed by atoms with E-state index in [1.54, 1.807) is 0 Å². The third-order valence-electron chi connectivity index (χ3n) is 12.1. The van der Waals surface area contributed by atoms with Crippen molar-refractivity contribution in [2.75, 3.05) is 4.90 Å². The molecule has 0 aliphatic rings. The fourth-order valence-corrected chi connectivity index (χ4v) is 10.3. The molecule has 0 spiro atoms. The normalized spacial score (nSPS) is 11.6. The molecule has 0 N–H and O–H groups in total. The van der Waals surface area contributed by atoms with Crippen molar-refractivity contribution in [3.05, 3.63) is 224 Å². The van der Waals surface area contributed by atoms with Crippen LogP contribution in [0.5, 0.6) is 0 Å². The number of rotatable bonds is 7. The molecule has 0 aliphatic carbocycles. The molecule has 3 heteroatoms. The molecule has 10 aromatic carbocycles. The first-order chi connectivity index (χ1) is 30.2. The number of benzene rings is 10. The van der Waals surface area contributed by atoms with Crippen molar-refractivity contribution in [2.45, 2.75) is 0 Å². The topological polar surface area (TPSA) is 16.4 Å². The molecule has 2 nitrogen and oxygen atoms in total. The summed E-state index contributed by atoms with van der Waals surface area (Å²) in [7, 11) is 0. The predicted molar refractivity (Wildman–Crippen MR) is 261 cm³/mol. The number of hydrogen-bond donors (Lipinski definition) is 0. The molecular formula is C58H37NOS. The van der Waals surface area contributed by atoms with Crippen molar-refractivity contribution >= 4 is 81.3 Å². The van der Waals surface area contributed by atoms with Gasteiger partial charge in [0.2, 0.25) is 0 Å². The maximum Gasteiger partial charge on any atom is 0.145 e. The van der Waals surface area contributed by atoms with E-state index in [-0.39, 0.29) is 0 Å². The lowest BCUT2D eigenvalue weighted by molar-refractivity contribution is 0.670. The highest BCUT2D eigenvalue weighted by Gasteiger charge is 2.23. The van der Waals surface area contributed by atoms with Gasteiger partial charge in [0.05, 0.1) is 11.1 Å². The lowest BCUT2D eigenvalue weighted by Gasteiger charge is -2.27. The Morgan fingerprint density at radius 2 is 0.984 bits per heavy atom. The van der Waals surface area contributed by atoms with Crippen molar-refractivity contribution in [1.29, 1.82) is 0 Å². The molecule has 0 atom stereocenters. The molecule has 0 amide bonds. The smallest absolute Gasteiger partial charge is 0.145 e. The Bertz CT molecular complexity index is 3570. The van der Waals surface area contributed by atoms with E-state index in [4.69, 9.17) is 4.42 Å². The van der Waals surface area contributed by atoms with Crippen molar-refractivity contribution in [2.24, 2.45) is 0 Å². The zero-order valence-electron chi connectivity index (χ0n) is 33.1. The molecule has 0 saturated carbocycles. The Labute approximate surface area is 357 Å². The standard InChI is InChI=1S/C58H37NOS/c1-4-14-38(15-5-1)43-27-32-49-51-37-45(30-35-54(51)61-55(49)36-43)59(52-34-33-48(39-16-6-2-7-17-39)58-57(52)50-22-12-13-23-53(50)60-58)44-28-24-41(25-29-44)47-31-26-40-18-10-11-21-46(40)56(47)42-19-8-3-9-20-42/h1-37H. The van der Waals surface area contributed by atoms with E-state index in [0.29, 0.717) is 0 Å². The third kappa shape index (κ3) is 6.01. The first-order valence-electron chi connectivity index (χ1n) is 20.7. The van der Waals surface area contributed by atoms with Crippen LogP contribution in [0.1, 0.15) is 0 Å². The van der Waals surface area contributed by atoms with Gasteiger partial charge in [-0.1, -0.05) is 170 Å². The van der Waals surface area contributed by atoms with Gasteiger partial charge in [0, 0.05) is 42.5 Å². The van der Waals surface area contributed by atoms with E-state index in [0.717, 1.165) is 50.1 Å². The van der Waals surface area contributed by atoms with Crippen LogP contribution in [0.3, 0.4) is 0 Å². The molecule has 0 aliphatic heterocycles. The van der Waals surface area contributed by atoms with Crippen LogP contribution in [0.4, 0.5) is 17.1 Å². The third-order valence-corrected chi connectivity index (χ3v) is 13.2. The van der Waals surface area contributed by atoms with E-state index in [9.17, 15) is 0 Å². The van der Waals surface area contributed by atoms with Gasteiger partial charge in [0.15, 0.2) is 0 Å². The van der Waals surface area contributed by atoms with Gasteiger partial charge in [0.1, 0.15) is 11.2 Å². The van der Waals surface area contributed by atoms with Gasteiger partial charge in [-0.05, 0) is 104 Å². The highest BCUT2D eigenvalue weighted by atomic mass is 32.1. The molecule has 61 heavy (non-hydrogen) atoms. The molecule has 12 aromatic rings. The molecule has 0 unspecified atom stereocenters. The quantitative estimate of drug-likeness (QED) is 0.160. The second-order valence-electron chi connectivity index (χ2n) is 15.6. The van der Waals surface area contributed by atoms with Gasteiger partial charge in [0.25, 0.3) is 0 Å². The molecule has 2 aromatic heterocycles. The number of para-hydroxylation sites is 1. The second kappa shape index (κ2) is 14.5. The molecule has 0 saturated heterocycles. The summed E-state index contributed by atoms with van der Waals surface area (Å²) in [6.07, 6.45) is 0. The van der Waals surface area contributed by atoms with Crippen LogP contribution in [-0.2, 0) is 0 Å². The summed E-state index contributed by atoms with van der Waals surface area (Å²) < 4.78 is 9.35. The van der Waals surface area contributed by atoms with Crippen molar-refractivity contribution < 1.29 is 4.42 Å². The Hall–Kier alpha value is -7.72. The largest absolute Gasteiger partial charge is 0.455 e. The highest BCUT2D eigenvalue weighted by Crippen LogP contribution is 2.48. The minimum Gasteiger partial charge on any atom is -0.455 e. The summed E-state index contributed by atoms with van der Waals surface area (Å²) in [5.41, 5.74) is 14.5. The SMILES string of the molecule is c1ccc(-c2ccc3c(c2)sc2ccc(N(c4ccc(-c5ccc6ccccc6c5-c5ccccc5)cc4)c4ccc(-c5ccccc5)c5oc6ccccc6c45)cc23)cc1. The Morgan fingerprint density at radius 1 is 0.361 bits per heavy atom. The van der Waals surface area contributed by atoms with E-state index < -0.39 is 0 Å². The van der Waals surface area contributed by atoms with Crippen LogP contribution in [-0.4, -0.2) is 0 Å². The van der Waals surface area contributed by atoms with Gasteiger partial charge in [-0.3, -0.25) is 0 Å². The van der Waals surface area contributed by atoms with Crippen LogP contribution in [0, 0.1) is 0 Å². The number of thiophene rings is 1. The average molecular weight is 796 g/mol. The summed E-state index contributed by atoms with van der Waals surface area (Å²) >= 11 is 1.85. The van der Waals surface area contributed by atoms with Gasteiger partial charge in [-0.25, -0.2) is 0 Å². The Kier molecular flexibility index (Phi) is 8.39. The lowest BCUT2D eigenvalue weighted by atomic mass is 9.89. The summed E-state index contributed by atoms with van der Waals surface area (Å²) in [5, 5.41) is 7.17. The molecule has 286 valence electrons. The summed E-state index contributed by atoms with van der Waals surface area (Å²) in [6, 6.07) is 81.1. The van der Waals surface area contributed by atoms with Gasteiger partial charge in [-0.15, -0.1) is 11.3 Å². The number of fused-ring (bicyclic) bond motifs is 7. The summed E-state index contributed by atoms with van der Waals surface area (Å²) in [5.74, 6) is 0. The van der Waals surface area contributed by atoms with Crippen molar-refractivity contribution in [3.8, 4) is 44.5 Å². The van der Waals surface area contributed by atoms with Crippen molar-refractivity contribution in [3.63, 3.8) is 0 Å². The van der Waals surface area contributed by atoms with Gasteiger partial charge < -0.3 is 9.32 Å². The lowest BCUT2D eigenvalue weighted by Crippen LogP contribution is -2.10. The molecular weight excluding hydrogens is 759 g/mol. The van der Waals surface area contributed by atoms with E-state index >= 15 is 0 Å².